The Morgan fingerprint density at radius 3 is 1.97 bits per heavy atom. The van der Waals surface area contributed by atoms with Gasteiger partial charge in [0.05, 0.1) is 10.5 Å². The van der Waals surface area contributed by atoms with Crippen LogP contribution in [0.5, 0.6) is 0 Å². The number of hydrogen-bond acceptors (Lipinski definition) is 4. The molecule has 0 aromatic heterocycles. The van der Waals surface area contributed by atoms with E-state index >= 15 is 0 Å². The van der Waals surface area contributed by atoms with Gasteiger partial charge in [-0.3, -0.25) is 19.2 Å². The Morgan fingerprint density at radius 1 is 0.784 bits per heavy atom. The highest BCUT2D eigenvalue weighted by molar-refractivity contribution is 7.92. The zero-order valence-electron chi connectivity index (χ0n) is 19.1. The molecular formula is C27H19F3N2O4S. The van der Waals surface area contributed by atoms with Crippen molar-refractivity contribution >= 4 is 38.3 Å². The van der Waals surface area contributed by atoms with Gasteiger partial charge in [-0.05, 0) is 59.8 Å². The van der Waals surface area contributed by atoms with E-state index < -0.39 is 33.6 Å². The Hall–Kier alpha value is -4.18. The summed E-state index contributed by atoms with van der Waals surface area (Å²) in [5.74, 6) is -0.780. The van der Waals surface area contributed by atoms with Crippen molar-refractivity contribution in [1.29, 1.82) is 0 Å². The lowest BCUT2D eigenvalue weighted by atomic mass is 9.94. The van der Waals surface area contributed by atoms with Crippen LogP contribution in [-0.4, -0.2) is 31.7 Å². The second-order valence-corrected chi connectivity index (χ2v) is 10.2. The summed E-state index contributed by atoms with van der Waals surface area (Å²) < 4.78 is 66.3. The first-order valence-electron chi connectivity index (χ1n) is 11.2. The van der Waals surface area contributed by atoms with E-state index in [9.17, 15) is 31.2 Å². The maximum Gasteiger partial charge on any atom is 0.416 e. The summed E-state index contributed by atoms with van der Waals surface area (Å²) in [5, 5.41) is 1.45. The zero-order valence-corrected chi connectivity index (χ0v) is 19.9. The van der Waals surface area contributed by atoms with Gasteiger partial charge < -0.3 is 0 Å². The number of carbonyl (C=O) groups is 2. The lowest BCUT2D eigenvalue weighted by Gasteiger charge is -2.27. The average Bonchev–Trinajstić information content (AvgIpc) is 2.87. The highest BCUT2D eigenvalue weighted by Gasteiger charge is 2.32. The lowest BCUT2D eigenvalue weighted by Crippen LogP contribution is -2.41. The van der Waals surface area contributed by atoms with Crippen LogP contribution in [0.1, 0.15) is 31.8 Å². The molecule has 0 saturated carbocycles. The number of carbonyl (C=O) groups excluding carboxylic acids is 2. The van der Waals surface area contributed by atoms with Crippen LogP contribution in [0.2, 0.25) is 0 Å². The third kappa shape index (κ3) is 4.67. The molecule has 0 spiro atoms. The molecule has 4 aromatic carbocycles. The molecule has 0 radical (unpaired) electrons. The van der Waals surface area contributed by atoms with Gasteiger partial charge in [0, 0.05) is 28.7 Å². The molecule has 10 heteroatoms. The molecule has 5 rings (SSSR count). The molecule has 2 amide bonds. The van der Waals surface area contributed by atoms with Crippen LogP contribution in [0.15, 0.2) is 89.8 Å². The van der Waals surface area contributed by atoms with Crippen LogP contribution in [0.25, 0.3) is 10.8 Å². The Bertz CT molecular complexity index is 1600. The molecular weight excluding hydrogens is 505 g/mol. The van der Waals surface area contributed by atoms with E-state index in [1.165, 1.54) is 35.2 Å². The van der Waals surface area contributed by atoms with Gasteiger partial charge in [-0.25, -0.2) is 8.42 Å². The summed E-state index contributed by atoms with van der Waals surface area (Å²) in [4.78, 5) is 27.1. The van der Waals surface area contributed by atoms with Crippen molar-refractivity contribution in [3.8, 4) is 0 Å². The van der Waals surface area contributed by atoms with E-state index in [1.54, 1.807) is 24.3 Å². The number of benzene rings is 4. The number of halogens is 3. The summed E-state index contributed by atoms with van der Waals surface area (Å²) in [6.45, 7) is 0.0942. The second kappa shape index (κ2) is 9.04. The Morgan fingerprint density at radius 2 is 1.38 bits per heavy atom. The maximum atomic E-state index is 13.0. The number of anilines is 1. The van der Waals surface area contributed by atoms with E-state index in [2.05, 4.69) is 4.72 Å². The fourth-order valence-corrected chi connectivity index (χ4v) is 5.38. The van der Waals surface area contributed by atoms with Gasteiger partial charge in [-0.15, -0.1) is 0 Å². The molecule has 1 heterocycles. The Labute approximate surface area is 210 Å². The monoisotopic (exact) mass is 524 g/mol. The molecule has 1 aliphatic heterocycles. The van der Waals surface area contributed by atoms with E-state index in [-0.39, 0.29) is 23.5 Å². The fraction of sp³-hybridized carbons (Fsp3) is 0.111. The van der Waals surface area contributed by atoms with Crippen LogP contribution in [0.4, 0.5) is 18.9 Å². The maximum absolute atomic E-state index is 13.0. The van der Waals surface area contributed by atoms with Crippen molar-refractivity contribution in [2.24, 2.45) is 0 Å². The number of amides is 2. The smallest absolute Gasteiger partial charge is 0.280 e. The van der Waals surface area contributed by atoms with Crippen LogP contribution >= 0.6 is 0 Å². The molecule has 1 N–H and O–H groups in total. The highest BCUT2D eigenvalue weighted by Crippen LogP contribution is 2.32. The number of rotatable bonds is 6. The molecule has 1 aliphatic rings. The summed E-state index contributed by atoms with van der Waals surface area (Å²) in [7, 11) is -4.14. The number of sulfonamides is 1. The second-order valence-electron chi connectivity index (χ2n) is 8.55. The molecule has 0 bridgehead atoms. The quantitative estimate of drug-likeness (QED) is 0.338. The average molecular weight is 525 g/mol. The van der Waals surface area contributed by atoms with E-state index in [0.717, 1.165) is 23.6 Å². The van der Waals surface area contributed by atoms with Crippen molar-refractivity contribution in [1.82, 2.24) is 4.90 Å². The molecule has 0 saturated heterocycles. The van der Waals surface area contributed by atoms with Gasteiger partial charge in [0.25, 0.3) is 21.8 Å². The molecule has 0 unspecified atom stereocenters. The number of nitrogens with zero attached hydrogens (tertiary/aromatic N) is 1. The Kier molecular flexibility index (Phi) is 5.99. The minimum Gasteiger partial charge on any atom is -0.280 e. The first-order valence-corrected chi connectivity index (χ1v) is 12.7. The zero-order chi connectivity index (χ0) is 26.4. The van der Waals surface area contributed by atoms with Crippen molar-refractivity contribution in [3.63, 3.8) is 0 Å². The van der Waals surface area contributed by atoms with Crippen LogP contribution in [0.3, 0.4) is 0 Å². The SMILES string of the molecule is O=C1c2cccc3cccc(c23)C(=O)N1CCc1ccc(S(=O)(=O)Nc2cccc(C(F)(F)F)c2)cc1. The normalized spacial score (nSPS) is 13.8. The minimum atomic E-state index is -4.60. The Balaban J connectivity index is 1.30. The van der Waals surface area contributed by atoms with E-state index in [0.29, 0.717) is 22.1 Å². The standard InChI is InChI=1S/C27H19F3N2O4S/c28-27(29,30)19-6-3-7-20(16-19)31-37(35,36)21-12-10-17(11-13-21)14-15-32-25(33)22-8-1-4-18-5-2-9-23(24(18)22)26(32)34/h1-13,16,31H,14-15H2. The van der Waals surface area contributed by atoms with Crippen molar-refractivity contribution in [2.45, 2.75) is 17.5 Å². The minimum absolute atomic E-state index is 0.0942. The molecule has 37 heavy (non-hydrogen) atoms. The molecule has 0 aliphatic carbocycles. The highest BCUT2D eigenvalue weighted by atomic mass is 32.2. The predicted molar refractivity (Wildman–Crippen MR) is 132 cm³/mol. The molecule has 0 fully saturated rings. The first kappa shape index (κ1) is 24.5. The predicted octanol–water partition coefficient (Wildman–Crippen LogP) is 5.50. The van der Waals surface area contributed by atoms with Gasteiger partial charge in [-0.2, -0.15) is 13.2 Å². The topological polar surface area (TPSA) is 83.6 Å². The van der Waals surface area contributed by atoms with Gasteiger partial charge >= 0.3 is 6.18 Å². The summed E-state index contributed by atoms with van der Waals surface area (Å²) >= 11 is 0. The van der Waals surface area contributed by atoms with Crippen molar-refractivity contribution < 1.29 is 31.2 Å². The van der Waals surface area contributed by atoms with Gasteiger partial charge in [0.2, 0.25) is 0 Å². The largest absolute Gasteiger partial charge is 0.416 e. The van der Waals surface area contributed by atoms with Crippen molar-refractivity contribution in [2.75, 3.05) is 11.3 Å². The van der Waals surface area contributed by atoms with Gasteiger partial charge in [0.1, 0.15) is 0 Å². The summed E-state index contributed by atoms with van der Waals surface area (Å²) in [6, 6.07) is 20.2. The third-order valence-corrected chi connectivity index (χ3v) is 7.55. The van der Waals surface area contributed by atoms with E-state index in [1.807, 2.05) is 12.1 Å². The molecule has 6 nitrogen and oxygen atoms in total. The van der Waals surface area contributed by atoms with Gasteiger partial charge in [0.15, 0.2) is 0 Å². The van der Waals surface area contributed by atoms with Gasteiger partial charge in [-0.1, -0.05) is 42.5 Å². The lowest BCUT2D eigenvalue weighted by molar-refractivity contribution is -0.137. The summed E-state index contributed by atoms with van der Waals surface area (Å²) in [5.41, 5.74) is 0.403. The number of imide groups is 1. The molecule has 4 aromatic rings. The van der Waals surface area contributed by atoms with Crippen LogP contribution < -0.4 is 4.72 Å². The molecule has 188 valence electrons. The number of alkyl halides is 3. The van der Waals surface area contributed by atoms with Crippen LogP contribution in [0, 0.1) is 0 Å². The third-order valence-electron chi connectivity index (χ3n) is 6.16. The summed E-state index contributed by atoms with van der Waals surface area (Å²) in [6.07, 6.45) is -4.31. The number of nitrogens with one attached hydrogen (secondary N) is 1. The molecule has 0 atom stereocenters. The van der Waals surface area contributed by atoms with Crippen LogP contribution in [-0.2, 0) is 22.6 Å². The fourth-order valence-electron chi connectivity index (χ4n) is 4.33. The van der Waals surface area contributed by atoms with E-state index in [4.69, 9.17) is 0 Å². The first-order chi connectivity index (χ1) is 17.5. The number of hydrogen-bond donors (Lipinski definition) is 1. The van der Waals surface area contributed by atoms with Crippen molar-refractivity contribution in [3.05, 3.63) is 107 Å².